The third kappa shape index (κ3) is 6.33. The SMILES string of the molecule is CC(C)CCNC(=O)[C@@H](c1cccnc1)N(CCc1ccccc1)C(=O)Cn1nnc2ccccc21. The summed E-state index contributed by atoms with van der Waals surface area (Å²) < 4.78 is 1.59. The summed E-state index contributed by atoms with van der Waals surface area (Å²) in [6, 6.07) is 20.3. The van der Waals surface area contributed by atoms with E-state index in [1.807, 2.05) is 60.7 Å². The van der Waals surface area contributed by atoms with Crippen LogP contribution in [0.4, 0.5) is 0 Å². The second kappa shape index (κ2) is 12.1. The minimum Gasteiger partial charge on any atom is -0.354 e. The number of amides is 2. The Morgan fingerprint density at radius 3 is 2.53 bits per heavy atom. The number of rotatable bonds is 11. The van der Waals surface area contributed by atoms with E-state index in [1.165, 1.54) is 0 Å². The van der Waals surface area contributed by atoms with E-state index in [0.717, 1.165) is 23.0 Å². The number of pyridine rings is 1. The molecule has 0 aliphatic carbocycles. The Labute approximate surface area is 211 Å². The van der Waals surface area contributed by atoms with Crippen LogP contribution >= 0.6 is 0 Å². The van der Waals surface area contributed by atoms with E-state index < -0.39 is 6.04 Å². The molecule has 1 N–H and O–H groups in total. The number of fused-ring (bicyclic) bond motifs is 1. The summed E-state index contributed by atoms with van der Waals surface area (Å²) >= 11 is 0. The molecule has 0 aliphatic rings. The van der Waals surface area contributed by atoms with Crippen LogP contribution in [0.2, 0.25) is 0 Å². The Bertz CT molecular complexity index is 1270. The highest BCUT2D eigenvalue weighted by Gasteiger charge is 2.32. The molecule has 36 heavy (non-hydrogen) atoms. The molecule has 0 saturated heterocycles. The summed E-state index contributed by atoms with van der Waals surface area (Å²) in [7, 11) is 0. The molecule has 0 saturated carbocycles. The molecular weight excluding hydrogens is 452 g/mol. The van der Waals surface area contributed by atoms with Gasteiger partial charge < -0.3 is 10.2 Å². The molecule has 2 heterocycles. The van der Waals surface area contributed by atoms with E-state index in [4.69, 9.17) is 0 Å². The zero-order valence-corrected chi connectivity index (χ0v) is 20.7. The van der Waals surface area contributed by atoms with E-state index in [0.29, 0.717) is 31.0 Å². The molecule has 0 unspecified atom stereocenters. The van der Waals surface area contributed by atoms with Gasteiger partial charge in [-0.3, -0.25) is 14.6 Å². The number of benzene rings is 2. The van der Waals surface area contributed by atoms with Crippen molar-refractivity contribution >= 4 is 22.8 Å². The molecule has 2 aromatic heterocycles. The lowest BCUT2D eigenvalue weighted by Gasteiger charge is -2.31. The lowest BCUT2D eigenvalue weighted by atomic mass is 10.0. The number of hydrogen-bond donors (Lipinski definition) is 1. The van der Waals surface area contributed by atoms with Crippen LogP contribution in [0, 0.1) is 5.92 Å². The van der Waals surface area contributed by atoms with E-state index in [2.05, 4.69) is 34.5 Å². The van der Waals surface area contributed by atoms with Crippen LogP contribution in [0.5, 0.6) is 0 Å². The first kappa shape index (κ1) is 25.0. The molecule has 2 aromatic carbocycles. The summed E-state index contributed by atoms with van der Waals surface area (Å²) in [4.78, 5) is 33.2. The quantitative estimate of drug-likeness (QED) is 0.350. The fraction of sp³-hybridized carbons (Fsp3) is 0.321. The molecule has 0 aliphatic heterocycles. The predicted molar refractivity (Wildman–Crippen MR) is 139 cm³/mol. The number of carbonyl (C=O) groups excluding carboxylic acids is 2. The number of nitrogens with zero attached hydrogens (tertiary/aromatic N) is 5. The number of hydrogen-bond acceptors (Lipinski definition) is 5. The van der Waals surface area contributed by atoms with Crippen molar-refractivity contribution in [3.05, 3.63) is 90.3 Å². The van der Waals surface area contributed by atoms with E-state index in [9.17, 15) is 9.59 Å². The lowest BCUT2D eigenvalue weighted by Crippen LogP contribution is -2.46. The van der Waals surface area contributed by atoms with Gasteiger partial charge in [0.15, 0.2) is 0 Å². The van der Waals surface area contributed by atoms with Gasteiger partial charge in [0.2, 0.25) is 11.8 Å². The molecule has 1 atom stereocenters. The number of para-hydroxylation sites is 1. The average molecular weight is 485 g/mol. The van der Waals surface area contributed by atoms with Gasteiger partial charge >= 0.3 is 0 Å². The van der Waals surface area contributed by atoms with Gasteiger partial charge in [-0.2, -0.15) is 0 Å². The molecule has 0 fully saturated rings. The Kier molecular flexibility index (Phi) is 8.39. The molecule has 8 nitrogen and oxygen atoms in total. The first-order valence-electron chi connectivity index (χ1n) is 12.3. The molecule has 8 heteroatoms. The van der Waals surface area contributed by atoms with Crippen LogP contribution in [0.15, 0.2) is 79.1 Å². The van der Waals surface area contributed by atoms with Crippen molar-refractivity contribution in [3.8, 4) is 0 Å². The Morgan fingerprint density at radius 2 is 1.78 bits per heavy atom. The smallest absolute Gasteiger partial charge is 0.247 e. The minimum absolute atomic E-state index is 0.0225. The summed E-state index contributed by atoms with van der Waals surface area (Å²) in [6.45, 7) is 5.12. The van der Waals surface area contributed by atoms with Gasteiger partial charge in [0.05, 0.1) is 5.52 Å². The zero-order chi connectivity index (χ0) is 25.3. The molecule has 0 radical (unpaired) electrons. The fourth-order valence-corrected chi connectivity index (χ4v) is 4.14. The number of nitrogens with one attached hydrogen (secondary N) is 1. The van der Waals surface area contributed by atoms with Crippen LogP contribution in [-0.2, 0) is 22.6 Å². The molecule has 4 rings (SSSR count). The number of aromatic nitrogens is 4. The first-order valence-corrected chi connectivity index (χ1v) is 12.3. The van der Waals surface area contributed by atoms with Crippen LogP contribution in [-0.4, -0.2) is 49.8 Å². The summed E-state index contributed by atoms with van der Waals surface area (Å²) in [6.07, 6.45) is 4.78. The van der Waals surface area contributed by atoms with Crippen molar-refractivity contribution in [2.75, 3.05) is 13.1 Å². The summed E-state index contributed by atoms with van der Waals surface area (Å²) in [5.74, 6) is 0.0292. The van der Waals surface area contributed by atoms with Crippen LogP contribution < -0.4 is 5.32 Å². The van der Waals surface area contributed by atoms with Gasteiger partial charge in [0.25, 0.3) is 0 Å². The van der Waals surface area contributed by atoms with Gasteiger partial charge in [-0.15, -0.1) is 5.10 Å². The zero-order valence-electron chi connectivity index (χ0n) is 20.7. The lowest BCUT2D eigenvalue weighted by molar-refractivity contribution is -0.141. The Morgan fingerprint density at radius 1 is 1.00 bits per heavy atom. The van der Waals surface area contributed by atoms with Crippen molar-refractivity contribution in [2.45, 2.75) is 39.3 Å². The van der Waals surface area contributed by atoms with Crippen molar-refractivity contribution in [1.29, 1.82) is 0 Å². The maximum absolute atomic E-state index is 13.8. The van der Waals surface area contributed by atoms with E-state index in [1.54, 1.807) is 28.0 Å². The standard InChI is InChI=1S/C28H32N6O2/c1-21(2)14-17-30-28(36)27(23-11-8-16-29-19-23)33(18-15-22-9-4-3-5-10-22)26(35)20-34-25-13-7-6-12-24(25)31-32-34/h3-13,16,19,21,27H,14-15,17-18,20H2,1-2H3,(H,30,36)/t27-/m1/s1. The van der Waals surface area contributed by atoms with Gasteiger partial charge in [-0.1, -0.05) is 67.6 Å². The highest BCUT2D eigenvalue weighted by molar-refractivity contribution is 5.89. The second-order valence-corrected chi connectivity index (χ2v) is 9.22. The average Bonchev–Trinajstić information content (AvgIpc) is 3.30. The van der Waals surface area contributed by atoms with Gasteiger partial charge in [-0.05, 0) is 42.5 Å². The van der Waals surface area contributed by atoms with Gasteiger partial charge in [0, 0.05) is 31.0 Å². The third-order valence-electron chi connectivity index (χ3n) is 6.09. The van der Waals surface area contributed by atoms with E-state index in [-0.39, 0.29) is 18.4 Å². The van der Waals surface area contributed by atoms with Gasteiger partial charge in [-0.25, -0.2) is 4.68 Å². The van der Waals surface area contributed by atoms with Crippen molar-refractivity contribution in [1.82, 2.24) is 30.2 Å². The third-order valence-corrected chi connectivity index (χ3v) is 6.09. The van der Waals surface area contributed by atoms with E-state index >= 15 is 0 Å². The van der Waals surface area contributed by atoms with Crippen molar-refractivity contribution < 1.29 is 9.59 Å². The minimum atomic E-state index is -0.808. The monoisotopic (exact) mass is 484 g/mol. The topological polar surface area (TPSA) is 93.0 Å². The molecular formula is C28H32N6O2. The molecule has 186 valence electrons. The first-order chi connectivity index (χ1) is 17.5. The van der Waals surface area contributed by atoms with Crippen molar-refractivity contribution in [2.24, 2.45) is 5.92 Å². The highest BCUT2D eigenvalue weighted by Crippen LogP contribution is 2.23. The highest BCUT2D eigenvalue weighted by atomic mass is 16.2. The normalized spacial score (nSPS) is 12.0. The van der Waals surface area contributed by atoms with Crippen LogP contribution in [0.3, 0.4) is 0 Å². The summed E-state index contributed by atoms with van der Waals surface area (Å²) in [5.41, 5.74) is 3.25. The van der Waals surface area contributed by atoms with Gasteiger partial charge in [0.1, 0.15) is 18.1 Å². The molecule has 0 spiro atoms. The Hall–Kier alpha value is -4.07. The largest absolute Gasteiger partial charge is 0.354 e. The fourth-order valence-electron chi connectivity index (χ4n) is 4.14. The maximum Gasteiger partial charge on any atom is 0.247 e. The molecule has 2 amide bonds. The predicted octanol–water partition coefficient (Wildman–Crippen LogP) is 3.80. The molecule has 0 bridgehead atoms. The molecule has 4 aromatic rings. The van der Waals surface area contributed by atoms with Crippen LogP contribution in [0.1, 0.15) is 37.4 Å². The summed E-state index contributed by atoms with van der Waals surface area (Å²) in [5, 5.41) is 11.4. The Balaban J connectivity index is 1.64. The maximum atomic E-state index is 13.8. The second-order valence-electron chi connectivity index (χ2n) is 9.22. The van der Waals surface area contributed by atoms with Crippen molar-refractivity contribution in [3.63, 3.8) is 0 Å². The number of carbonyl (C=O) groups is 2. The van der Waals surface area contributed by atoms with Crippen LogP contribution in [0.25, 0.3) is 11.0 Å².